The molecule has 1 rings (SSSR count). The number of phenols is 1. The maximum Gasteiger partial charge on any atom is 0.321 e. The molecule has 0 heterocycles. The van der Waals surface area contributed by atoms with Crippen molar-refractivity contribution in [1.82, 2.24) is 0 Å². The highest BCUT2D eigenvalue weighted by atomic mass is 16.4. The highest BCUT2D eigenvalue weighted by Gasteiger charge is 2.46. The Hall–Kier alpha value is -2.04. The monoisotopic (exact) mass is 336 g/mol. The van der Waals surface area contributed by atoms with Gasteiger partial charge in [0.05, 0.1) is 0 Å². The van der Waals surface area contributed by atoms with Crippen LogP contribution < -0.4 is 0 Å². The molecule has 24 heavy (non-hydrogen) atoms. The number of aryl methyl sites for hydroxylation is 1. The second-order valence-electron chi connectivity index (χ2n) is 7.53. The summed E-state index contributed by atoms with van der Waals surface area (Å²) in [6.45, 7) is 9.48. The van der Waals surface area contributed by atoms with Gasteiger partial charge in [0.1, 0.15) is 5.75 Å². The number of hydrogen-bond acceptors (Lipinski definition) is 3. The molecule has 0 aromatic heterocycles. The van der Waals surface area contributed by atoms with E-state index < -0.39 is 17.4 Å². The van der Waals surface area contributed by atoms with Gasteiger partial charge >= 0.3 is 11.9 Å². The minimum atomic E-state index is -1.84. The quantitative estimate of drug-likeness (QED) is 0.657. The van der Waals surface area contributed by atoms with Crippen LogP contribution in [0, 0.1) is 12.3 Å². The number of hydrogen-bond donors (Lipinski definition) is 3. The van der Waals surface area contributed by atoms with Crippen LogP contribution in [0.2, 0.25) is 0 Å². The van der Waals surface area contributed by atoms with Crippen molar-refractivity contribution in [3.63, 3.8) is 0 Å². The zero-order chi connectivity index (χ0) is 18.7. The predicted molar refractivity (Wildman–Crippen MR) is 92.5 cm³/mol. The third-order valence-corrected chi connectivity index (χ3v) is 4.45. The van der Waals surface area contributed by atoms with Crippen molar-refractivity contribution < 1.29 is 24.9 Å². The lowest BCUT2D eigenvalue weighted by Gasteiger charge is -2.27. The standard InChI is InChI=1S/C19H28O5/c1-6-7-8-19(16(21)22,17(23)24)11-13-9-12(2)15(20)14(10-13)18(3,4)5/h9-10,20H,6-8,11H2,1-5H3,(H,21,22)(H,23,24). The molecule has 0 saturated heterocycles. The van der Waals surface area contributed by atoms with Gasteiger partial charge in [-0.1, -0.05) is 52.7 Å². The predicted octanol–water partition coefficient (Wildman–Crippen LogP) is 3.89. The molecule has 0 aliphatic rings. The smallest absolute Gasteiger partial charge is 0.321 e. The molecule has 1 aromatic rings. The Bertz CT molecular complexity index is 611. The Morgan fingerprint density at radius 1 is 1.08 bits per heavy atom. The molecule has 0 amide bonds. The Labute approximate surface area is 143 Å². The third kappa shape index (κ3) is 4.08. The summed E-state index contributed by atoms with van der Waals surface area (Å²) >= 11 is 0. The minimum absolute atomic E-state index is 0.0823. The molecular weight excluding hydrogens is 308 g/mol. The Morgan fingerprint density at radius 3 is 2.04 bits per heavy atom. The van der Waals surface area contributed by atoms with E-state index in [4.69, 9.17) is 0 Å². The largest absolute Gasteiger partial charge is 0.507 e. The van der Waals surface area contributed by atoms with Gasteiger partial charge in [0, 0.05) is 0 Å². The zero-order valence-electron chi connectivity index (χ0n) is 15.1. The van der Waals surface area contributed by atoms with Gasteiger partial charge in [-0.3, -0.25) is 9.59 Å². The summed E-state index contributed by atoms with van der Waals surface area (Å²) < 4.78 is 0. The molecular formula is C19H28O5. The first-order valence-corrected chi connectivity index (χ1v) is 8.25. The minimum Gasteiger partial charge on any atom is -0.507 e. The molecule has 0 bridgehead atoms. The number of aliphatic carboxylic acids is 2. The van der Waals surface area contributed by atoms with E-state index in [9.17, 15) is 24.9 Å². The Kier molecular flexibility index (Phi) is 6.04. The maximum atomic E-state index is 11.8. The lowest BCUT2D eigenvalue weighted by molar-refractivity contribution is -0.165. The SMILES string of the molecule is CCCCC(Cc1cc(C)c(O)c(C(C)(C)C)c1)(C(=O)O)C(=O)O. The number of unbranched alkanes of at least 4 members (excludes halogenated alkanes) is 1. The average Bonchev–Trinajstić information content (AvgIpc) is 2.45. The van der Waals surface area contributed by atoms with Gasteiger partial charge < -0.3 is 15.3 Å². The van der Waals surface area contributed by atoms with Gasteiger partial charge in [-0.25, -0.2) is 0 Å². The number of aromatic hydroxyl groups is 1. The number of rotatable bonds is 7. The molecule has 5 nitrogen and oxygen atoms in total. The number of carbonyl (C=O) groups is 2. The van der Waals surface area contributed by atoms with Gasteiger partial charge in [-0.2, -0.15) is 0 Å². The van der Waals surface area contributed by atoms with Crippen molar-refractivity contribution in [3.05, 3.63) is 28.8 Å². The van der Waals surface area contributed by atoms with Crippen LogP contribution in [0.3, 0.4) is 0 Å². The number of carboxylic acids is 2. The second-order valence-corrected chi connectivity index (χ2v) is 7.53. The molecule has 5 heteroatoms. The fraction of sp³-hybridized carbons (Fsp3) is 0.579. The van der Waals surface area contributed by atoms with E-state index in [0.29, 0.717) is 23.1 Å². The molecule has 0 fully saturated rings. The topological polar surface area (TPSA) is 94.8 Å². The summed E-state index contributed by atoms with van der Waals surface area (Å²) in [7, 11) is 0. The van der Waals surface area contributed by atoms with Crippen molar-refractivity contribution in [2.24, 2.45) is 5.41 Å². The van der Waals surface area contributed by atoms with E-state index >= 15 is 0 Å². The third-order valence-electron chi connectivity index (χ3n) is 4.45. The molecule has 0 saturated carbocycles. The summed E-state index contributed by atoms with van der Waals surface area (Å²) in [5.74, 6) is -2.45. The zero-order valence-corrected chi connectivity index (χ0v) is 15.1. The van der Waals surface area contributed by atoms with Crippen molar-refractivity contribution >= 4 is 11.9 Å². The van der Waals surface area contributed by atoms with Crippen LogP contribution in [-0.4, -0.2) is 27.3 Å². The van der Waals surface area contributed by atoms with Crippen LogP contribution in [0.4, 0.5) is 0 Å². The molecule has 3 N–H and O–H groups in total. The lowest BCUT2D eigenvalue weighted by atomic mass is 9.75. The molecule has 0 radical (unpaired) electrons. The van der Waals surface area contributed by atoms with Crippen molar-refractivity contribution in [3.8, 4) is 5.75 Å². The fourth-order valence-electron chi connectivity index (χ4n) is 2.90. The highest BCUT2D eigenvalue weighted by Crippen LogP contribution is 2.37. The van der Waals surface area contributed by atoms with Gasteiger partial charge in [0.2, 0.25) is 0 Å². The van der Waals surface area contributed by atoms with Crippen molar-refractivity contribution in [2.45, 2.75) is 65.7 Å². The Morgan fingerprint density at radius 2 is 1.62 bits per heavy atom. The number of benzene rings is 1. The summed E-state index contributed by atoms with van der Waals surface area (Å²) in [6, 6.07) is 3.41. The van der Waals surface area contributed by atoms with Crippen LogP contribution >= 0.6 is 0 Å². The van der Waals surface area contributed by atoms with E-state index in [1.54, 1.807) is 19.1 Å². The van der Waals surface area contributed by atoms with Crippen LogP contribution in [0.15, 0.2) is 12.1 Å². The summed E-state index contributed by atoms with van der Waals surface area (Å²) in [6.07, 6.45) is 1.24. The Balaban J connectivity index is 3.41. The van der Waals surface area contributed by atoms with Crippen LogP contribution in [0.5, 0.6) is 5.75 Å². The van der Waals surface area contributed by atoms with Crippen LogP contribution in [0.1, 0.15) is 63.6 Å². The highest BCUT2D eigenvalue weighted by molar-refractivity contribution is 5.98. The summed E-state index contributed by atoms with van der Waals surface area (Å²) in [4.78, 5) is 23.6. The number of carboxylic acid groups (broad SMARTS) is 2. The number of phenolic OH excluding ortho intramolecular Hbond substituents is 1. The van der Waals surface area contributed by atoms with Crippen LogP contribution in [-0.2, 0) is 21.4 Å². The summed E-state index contributed by atoms with van der Waals surface area (Å²) in [5, 5.41) is 29.5. The fourth-order valence-corrected chi connectivity index (χ4v) is 2.90. The summed E-state index contributed by atoms with van der Waals surface area (Å²) in [5.41, 5.74) is -0.232. The molecule has 0 unspecified atom stereocenters. The molecule has 1 aromatic carbocycles. The van der Waals surface area contributed by atoms with E-state index in [1.165, 1.54) is 0 Å². The normalized spacial score (nSPS) is 12.2. The van der Waals surface area contributed by atoms with Gasteiger partial charge in [-0.15, -0.1) is 0 Å². The first-order valence-electron chi connectivity index (χ1n) is 8.25. The molecule has 134 valence electrons. The van der Waals surface area contributed by atoms with Gasteiger partial charge in [-0.05, 0) is 41.9 Å². The van der Waals surface area contributed by atoms with Gasteiger partial charge in [0.15, 0.2) is 5.41 Å². The molecule has 0 atom stereocenters. The van der Waals surface area contributed by atoms with Crippen molar-refractivity contribution in [1.29, 1.82) is 0 Å². The molecule has 0 aliphatic carbocycles. The maximum absolute atomic E-state index is 11.8. The second kappa shape index (κ2) is 7.24. The van der Waals surface area contributed by atoms with E-state index in [2.05, 4.69) is 0 Å². The lowest BCUT2D eigenvalue weighted by Crippen LogP contribution is -2.41. The first kappa shape index (κ1) is 20.0. The van der Waals surface area contributed by atoms with E-state index in [1.807, 2.05) is 27.7 Å². The van der Waals surface area contributed by atoms with E-state index in [0.717, 1.165) is 6.42 Å². The first-order chi connectivity index (χ1) is 11.0. The molecule has 0 aliphatic heterocycles. The van der Waals surface area contributed by atoms with Crippen LogP contribution in [0.25, 0.3) is 0 Å². The van der Waals surface area contributed by atoms with E-state index in [-0.39, 0.29) is 24.0 Å². The average molecular weight is 336 g/mol. The van der Waals surface area contributed by atoms with Gasteiger partial charge in [0.25, 0.3) is 0 Å². The molecule has 0 spiro atoms. The van der Waals surface area contributed by atoms with Crippen molar-refractivity contribution in [2.75, 3.05) is 0 Å².